The highest BCUT2D eigenvalue weighted by molar-refractivity contribution is 14.0. The zero-order valence-corrected chi connectivity index (χ0v) is 17.2. The van der Waals surface area contributed by atoms with Gasteiger partial charge in [-0.05, 0) is 55.2 Å². The summed E-state index contributed by atoms with van der Waals surface area (Å²) in [4.78, 5) is 4.59. The van der Waals surface area contributed by atoms with Crippen LogP contribution < -0.4 is 10.6 Å². The molecule has 6 heteroatoms. The summed E-state index contributed by atoms with van der Waals surface area (Å²) in [5, 5.41) is 16.0. The van der Waals surface area contributed by atoms with Crippen LogP contribution in [-0.2, 0) is 12.0 Å². The highest BCUT2D eigenvalue weighted by atomic mass is 127. The van der Waals surface area contributed by atoms with Crippen LogP contribution in [0.3, 0.4) is 0 Å². The van der Waals surface area contributed by atoms with Gasteiger partial charge in [-0.1, -0.05) is 24.3 Å². The van der Waals surface area contributed by atoms with Crippen molar-refractivity contribution in [2.45, 2.75) is 31.7 Å². The normalized spacial score (nSPS) is 15.1. The molecule has 4 nitrogen and oxygen atoms in total. The third-order valence-electron chi connectivity index (χ3n) is 4.59. The average molecular weight is 469 g/mol. The molecule has 2 aromatic carbocycles. The van der Waals surface area contributed by atoms with Gasteiger partial charge in [0.25, 0.3) is 0 Å². The van der Waals surface area contributed by atoms with Crippen molar-refractivity contribution in [2.75, 3.05) is 13.1 Å². The monoisotopic (exact) mass is 469 g/mol. The summed E-state index contributed by atoms with van der Waals surface area (Å²) in [5.74, 6) is 0.818. The zero-order valence-electron chi connectivity index (χ0n) is 14.8. The summed E-state index contributed by atoms with van der Waals surface area (Å²) in [6.45, 7) is 4.06. The van der Waals surface area contributed by atoms with E-state index in [2.05, 4.69) is 15.6 Å². The van der Waals surface area contributed by atoms with Crippen molar-refractivity contribution < 1.29 is 9.50 Å². The molecule has 26 heavy (non-hydrogen) atoms. The fourth-order valence-corrected chi connectivity index (χ4v) is 2.90. The standard InChI is InChI=1S/C20H24FN3O.HI/c1-2-22-19(23-13-15-6-8-18(25)9-7-15)24-14-20(10-11-20)16-4-3-5-17(21)12-16;/h3-9,12,25H,2,10-11,13-14H2,1H3,(H2,22,23,24);1H. The van der Waals surface area contributed by atoms with Crippen LogP contribution in [0.15, 0.2) is 53.5 Å². The molecule has 3 N–H and O–H groups in total. The van der Waals surface area contributed by atoms with Gasteiger partial charge in [0.05, 0.1) is 6.54 Å². The Bertz CT molecular complexity index is 745. The molecule has 3 rings (SSSR count). The SMILES string of the molecule is CCNC(=NCc1ccc(O)cc1)NCC1(c2cccc(F)c2)CC1.I. The van der Waals surface area contributed by atoms with Crippen molar-refractivity contribution in [1.82, 2.24) is 10.6 Å². The summed E-state index contributed by atoms with van der Waals surface area (Å²) >= 11 is 0. The lowest BCUT2D eigenvalue weighted by Gasteiger charge is -2.19. The maximum atomic E-state index is 13.5. The van der Waals surface area contributed by atoms with E-state index < -0.39 is 0 Å². The molecule has 2 aromatic rings. The topological polar surface area (TPSA) is 56.7 Å². The number of hydrogen-bond acceptors (Lipinski definition) is 2. The van der Waals surface area contributed by atoms with Gasteiger partial charge in [-0.15, -0.1) is 24.0 Å². The lowest BCUT2D eigenvalue weighted by Crippen LogP contribution is -2.41. The minimum absolute atomic E-state index is 0. The molecular formula is C20H25FIN3O. The summed E-state index contributed by atoms with van der Waals surface area (Å²) in [7, 11) is 0. The number of phenolic OH excluding ortho intramolecular Hbond substituents is 1. The van der Waals surface area contributed by atoms with Gasteiger partial charge in [0.2, 0.25) is 0 Å². The molecule has 0 radical (unpaired) electrons. The molecular weight excluding hydrogens is 444 g/mol. The summed E-state index contributed by atoms with van der Waals surface area (Å²) in [6.07, 6.45) is 2.11. The maximum absolute atomic E-state index is 13.5. The number of nitrogens with one attached hydrogen (secondary N) is 2. The number of rotatable bonds is 6. The van der Waals surface area contributed by atoms with Crippen molar-refractivity contribution in [3.8, 4) is 5.75 Å². The van der Waals surface area contributed by atoms with Crippen molar-refractivity contribution >= 4 is 29.9 Å². The van der Waals surface area contributed by atoms with E-state index in [1.807, 2.05) is 25.1 Å². The number of aliphatic imine (C=N–C) groups is 1. The van der Waals surface area contributed by atoms with Gasteiger partial charge in [-0.2, -0.15) is 0 Å². The molecule has 0 bridgehead atoms. The smallest absolute Gasteiger partial charge is 0.191 e. The Morgan fingerprint density at radius 3 is 2.50 bits per heavy atom. The van der Waals surface area contributed by atoms with Crippen LogP contribution in [0.1, 0.15) is 30.9 Å². The van der Waals surface area contributed by atoms with E-state index >= 15 is 0 Å². The first-order valence-electron chi connectivity index (χ1n) is 8.67. The van der Waals surface area contributed by atoms with Gasteiger partial charge in [-0.3, -0.25) is 0 Å². The summed E-state index contributed by atoms with van der Waals surface area (Å²) < 4.78 is 13.5. The van der Waals surface area contributed by atoms with E-state index in [1.165, 1.54) is 6.07 Å². The minimum atomic E-state index is -0.184. The molecule has 140 valence electrons. The second-order valence-electron chi connectivity index (χ2n) is 6.51. The molecule has 0 amide bonds. The first-order chi connectivity index (χ1) is 12.1. The molecule has 0 unspecified atom stereocenters. The van der Waals surface area contributed by atoms with Crippen LogP contribution >= 0.6 is 24.0 Å². The number of guanidine groups is 1. The minimum Gasteiger partial charge on any atom is -0.508 e. The van der Waals surface area contributed by atoms with E-state index in [9.17, 15) is 9.50 Å². The Balaban J connectivity index is 0.00000243. The molecule has 0 heterocycles. The second-order valence-corrected chi connectivity index (χ2v) is 6.51. The van der Waals surface area contributed by atoms with Crippen LogP contribution in [0.5, 0.6) is 5.75 Å². The van der Waals surface area contributed by atoms with Crippen LogP contribution in [0.2, 0.25) is 0 Å². The van der Waals surface area contributed by atoms with Crippen LogP contribution in [0.25, 0.3) is 0 Å². The molecule has 0 saturated heterocycles. The third kappa shape index (κ3) is 5.33. The Labute approximate surface area is 171 Å². The Morgan fingerprint density at radius 1 is 1.15 bits per heavy atom. The number of phenols is 1. The molecule has 1 fully saturated rings. The molecule has 1 aliphatic carbocycles. The van der Waals surface area contributed by atoms with E-state index in [4.69, 9.17) is 0 Å². The van der Waals surface area contributed by atoms with Gasteiger partial charge >= 0.3 is 0 Å². The third-order valence-corrected chi connectivity index (χ3v) is 4.59. The highest BCUT2D eigenvalue weighted by Crippen LogP contribution is 2.47. The fourth-order valence-electron chi connectivity index (χ4n) is 2.90. The Kier molecular flexibility index (Phi) is 7.25. The van der Waals surface area contributed by atoms with Gasteiger partial charge in [0.15, 0.2) is 5.96 Å². The zero-order chi connectivity index (χ0) is 17.7. The number of benzene rings is 2. The molecule has 1 aliphatic rings. The largest absolute Gasteiger partial charge is 0.508 e. The number of halogens is 2. The Hall–Kier alpha value is -1.83. The highest BCUT2D eigenvalue weighted by Gasteiger charge is 2.44. The molecule has 1 saturated carbocycles. The number of nitrogens with zero attached hydrogens (tertiary/aromatic N) is 1. The first kappa shape index (κ1) is 20.5. The summed E-state index contributed by atoms with van der Waals surface area (Å²) in [6, 6.07) is 13.9. The molecule has 0 aliphatic heterocycles. The lowest BCUT2D eigenvalue weighted by atomic mass is 9.96. The van der Waals surface area contributed by atoms with E-state index in [1.54, 1.807) is 24.3 Å². The molecule has 0 atom stereocenters. The predicted molar refractivity (Wildman–Crippen MR) is 114 cm³/mol. The quantitative estimate of drug-likeness (QED) is 0.342. The van der Waals surface area contributed by atoms with Crippen LogP contribution in [0.4, 0.5) is 4.39 Å². The van der Waals surface area contributed by atoms with E-state index in [0.717, 1.165) is 43.0 Å². The number of aromatic hydroxyl groups is 1. The van der Waals surface area contributed by atoms with Crippen molar-refractivity contribution in [3.63, 3.8) is 0 Å². The summed E-state index contributed by atoms with van der Waals surface area (Å²) in [5.41, 5.74) is 2.09. The predicted octanol–water partition coefficient (Wildman–Crippen LogP) is 3.94. The molecule has 0 spiro atoms. The van der Waals surface area contributed by atoms with Gasteiger partial charge < -0.3 is 15.7 Å². The van der Waals surface area contributed by atoms with Gasteiger partial charge in [0, 0.05) is 18.5 Å². The molecule has 0 aromatic heterocycles. The van der Waals surface area contributed by atoms with Crippen molar-refractivity contribution in [3.05, 3.63) is 65.5 Å². The fraction of sp³-hybridized carbons (Fsp3) is 0.350. The van der Waals surface area contributed by atoms with E-state index in [-0.39, 0.29) is 41.0 Å². The second kappa shape index (κ2) is 9.21. The first-order valence-corrected chi connectivity index (χ1v) is 8.67. The van der Waals surface area contributed by atoms with Gasteiger partial charge in [-0.25, -0.2) is 9.38 Å². The maximum Gasteiger partial charge on any atom is 0.191 e. The van der Waals surface area contributed by atoms with Crippen LogP contribution in [0, 0.1) is 5.82 Å². The van der Waals surface area contributed by atoms with Crippen molar-refractivity contribution in [1.29, 1.82) is 0 Å². The van der Waals surface area contributed by atoms with Crippen molar-refractivity contribution in [2.24, 2.45) is 4.99 Å². The van der Waals surface area contributed by atoms with E-state index in [0.29, 0.717) is 6.54 Å². The van der Waals surface area contributed by atoms with Crippen LogP contribution in [-0.4, -0.2) is 24.2 Å². The lowest BCUT2D eigenvalue weighted by molar-refractivity contribution is 0.475. The average Bonchev–Trinajstić information content (AvgIpc) is 3.40. The number of hydrogen-bond donors (Lipinski definition) is 3. The van der Waals surface area contributed by atoms with Gasteiger partial charge in [0.1, 0.15) is 11.6 Å². The Morgan fingerprint density at radius 2 is 1.88 bits per heavy atom.